The maximum absolute atomic E-state index is 14.2. The van der Waals surface area contributed by atoms with Crippen LogP contribution in [0.2, 0.25) is 0 Å². The van der Waals surface area contributed by atoms with Crippen molar-refractivity contribution in [1.82, 2.24) is 36.5 Å². The van der Waals surface area contributed by atoms with E-state index in [9.17, 15) is 53.8 Å². The van der Waals surface area contributed by atoms with Gasteiger partial charge in [-0.3, -0.25) is 63.7 Å². The number of benzene rings is 6. The van der Waals surface area contributed by atoms with Crippen LogP contribution in [0.25, 0.3) is 32.4 Å². The van der Waals surface area contributed by atoms with Crippen molar-refractivity contribution in [2.75, 3.05) is 57.3 Å². The number of imide groups is 2. The van der Waals surface area contributed by atoms with E-state index in [-0.39, 0.29) is 102 Å². The van der Waals surface area contributed by atoms with Crippen molar-refractivity contribution >= 4 is 90.9 Å². The summed E-state index contributed by atoms with van der Waals surface area (Å²) in [6, 6.07) is 27.0. The summed E-state index contributed by atoms with van der Waals surface area (Å²) >= 11 is 0. The molecule has 5 N–H and O–H groups in total. The highest BCUT2D eigenvalue weighted by Gasteiger charge is 2.40. The number of carbonyl (C=O) groups is 7. The Hall–Kier alpha value is -9.34. The minimum absolute atomic E-state index is 0.000322. The van der Waals surface area contributed by atoms with E-state index < -0.39 is 51.0 Å². The van der Waals surface area contributed by atoms with Gasteiger partial charge in [0.2, 0.25) is 0 Å². The number of amides is 7. The number of carbonyl (C=O) groups excluding carboxylic acids is 7. The predicted molar refractivity (Wildman–Crippen MR) is 259 cm³/mol. The van der Waals surface area contributed by atoms with Gasteiger partial charge in [0.05, 0.1) is 32.2 Å². The molecule has 0 saturated heterocycles. The van der Waals surface area contributed by atoms with Crippen LogP contribution in [0.1, 0.15) is 72.5 Å². The zero-order valence-electron chi connectivity index (χ0n) is 37.4. The molecular formula is C50H40N10O11. The number of pyridine rings is 1. The van der Waals surface area contributed by atoms with Gasteiger partial charge in [-0.2, -0.15) is 0 Å². The molecule has 71 heavy (non-hydrogen) atoms. The average Bonchev–Trinajstić information content (AvgIpc) is 3.37. The van der Waals surface area contributed by atoms with Crippen LogP contribution in [-0.4, -0.2) is 113 Å². The van der Waals surface area contributed by atoms with Crippen LogP contribution in [0.15, 0.2) is 115 Å². The highest BCUT2D eigenvalue weighted by molar-refractivity contribution is 6.37. The number of rotatable bonds is 18. The molecule has 7 amide bonds. The number of non-ortho nitro benzene ring substituents is 1. The zero-order valence-corrected chi connectivity index (χ0v) is 37.4. The van der Waals surface area contributed by atoms with Crippen molar-refractivity contribution in [2.24, 2.45) is 0 Å². The fourth-order valence-electron chi connectivity index (χ4n) is 8.75. The second kappa shape index (κ2) is 19.7. The summed E-state index contributed by atoms with van der Waals surface area (Å²) in [6.07, 6.45) is 1.56. The lowest BCUT2D eigenvalue weighted by atomic mass is 9.92. The minimum Gasteiger partial charge on any atom is -0.351 e. The largest absolute Gasteiger partial charge is 0.351 e. The predicted octanol–water partition coefficient (Wildman–Crippen LogP) is 4.52. The number of anilines is 1. The van der Waals surface area contributed by atoms with Crippen LogP contribution in [0.5, 0.6) is 0 Å². The van der Waals surface area contributed by atoms with Gasteiger partial charge < -0.3 is 26.6 Å². The molecule has 0 saturated carbocycles. The Balaban J connectivity index is 0.860. The van der Waals surface area contributed by atoms with Crippen molar-refractivity contribution in [3.63, 3.8) is 0 Å². The van der Waals surface area contributed by atoms with Gasteiger partial charge in [-0.05, 0) is 59.3 Å². The first-order chi connectivity index (χ1) is 34.3. The molecule has 0 atom stereocenters. The van der Waals surface area contributed by atoms with Gasteiger partial charge >= 0.3 is 0 Å². The Kier molecular flexibility index (Phi) is 13.0. The Morgan fingerprint density at radius 1 is 0.549 bits per heavy atom. The van der Waals surface area contributed by atoms with Gasteiger partial charge in [0.25, 0.3) is 52.7 Å². The summed E-state index contributed by atoms with van der Waals surface area (Å²) in [6.45, 7) is 1.05. The van der Waals surface area contributed by atoms with E-state index in [0.717, 1.165) is 11.0 Å². The summed E-state index contributed by atoms with van der Waals surface area (Å²) in [4.78, 5) is 124. The number of aromatic nitrogens is 1. The van der Waals surface area contributed by atoms with Crippen LogP contribution in [0.4, 0.5) is 17.1 Å². The molecule has 0 unspecified atom stereocenters. The van der Waals surface area contributed by atoms with Gasteiger partial charge in [-0.25, -0.2) is 4.90 Å². The smallest absolute Gasteiger partial charge is 0.282 e. The number of para-hydroxylation sites is 1. The van der Waals surface area contributed by atoms with Crippen molar-refractivity contribution < 1.29 is 43.4 Å². The Bertz CT molecular complexity index is 3450. The van der Waals surface area contributed by atoms with Gasteiger partial charge in [-0.15, -0.1) is 0 Å². The molecule has 0 fully saturated rings. The third-order valence-electron chi connectivity index (χ3n) is 12.1. The highest BCUT2D eigenvalue weighted by atomic mass is 16.6. The van der Waals surface area contributed by atoms with Crippen LogP contribution in [-0.2, 0) is 0 Å². The minimum atomic E-state index is -1.03. The Morgan fingerprint density at radius 3 is 1.85 bits per heavy atom. The highest BCUT2D eigenvalue weighted by Crippen LogP contribution is 2.38. The van der Waals surface area contributed by atoms with Crippen molar-refractivity contribution in [2.45, 2.75) is 0 Å². The van der Waals surface area contributed by atoms with E-state index in [4.69, 9.17) is 0 Å². The fourth-order valence-corrected chi connectivity index (χ4v) is 8.75. The first kappa shape index (κ1) is 46.8. The van der Waals surface area contributed by atoms with Crippen LogP contribution >= 0.6 is 0 Å². The molecular weight excluding hydrogens is 917 g/mol. The van der Waals surface area contributed by atoms with Crippen LogP contribution in [0.3, 0.4) is 0 Å². The van der Waals surface area contributed by atoms with Crippen molar-refractivity contribution in [3.05, 3.63) is 175 Å². The second-order valence-corrected chi connectivity index (χ2v) is 16.4. The molecule has 7 aromatic rings. The fraction of sp³-hybridized carbons (Fsp3) is 0.160. The van der Waals surface area contributed by atoms with Gasteiger partial charge in [-0.1, -0.05) is 42.5 Å². The number of fused-ring (bicyclic) bond motifs is 1. The van der Waals surface area contributed by atoms with Crippen LogP contribution < -0.4 is 31.5 Å². The maximum Gasteiger partial charge on any atom is 0.282 e. The van der Waals surface area contributed by atoms with E-state index in [1.165, 1.54) is 42.5 Å². The standard InChI is InChI=1S/C50H40N10O11/c61-44(54-18-15-51-16-20-56-46(63)35-13-14-53-39-10-2-1-7-34(35)39)30-23-31(26-32(25-30)58-49(66)37-9-3-5-28-11-12-40(60(70)71)43(42(28)37)50(58)67)45(62)55-19-17-52-21-22-57-47(64)36-8-4-6-29-24-33(59(68)69)27-38(41(29)36)48(57)65/h1-14,23-27,51-52H,15-22H2,(H,54,61)(H,55,62)(H,56,63). The summed E-state index contributed by atoms with van der Waals surface area (Å²) in [5.74, 6) is -4.79. The SMILES string of the molecule is O=C(NCCNCCNC(=O)c1ccnc2ccccc12)c1cc(C(=O)NCCNCCN2C(=O)c3cccc4cc([N+](=O)[O-])cc(c34)C2=O)cc(N2C(=O)c3cccc4ccc([N+](=O)[O-])c(c34)C2=O)c1. The molecule has 356 valence electrons. The third kappa shape index (κ3) is 9.07. The number of nitrogens with zero attached hydrogens (tertiary/aromatic N) is 5. The van der Waals surface area contributed by atoms with Crippen LogP contribution in [0, 0.1) is 20.2 Å². The summed E-state index contributed by atoms with van der Waals surface area (Å²) in [7, 11) is 0. The summed E-state index contributed by atoms with van der Waals surface area (Å²) in [5.41, 5.74) is -0.189. The number of hydrogen-bond acceptors (Lipinski definition) is 14. The number of nitro benzene ring substituents is 2. The average molecular weight is 957 g/mol. The van der Waals surface area contributed by atoms with Gasteiger partial charge in [0.15, 0.2) is 0 Å². The molecule has 0 bridgehead atoms. The monoisotopic (exact) mass is 956 g/mol. The molecule has 21 heteroatoms. The maximum atomic E-state index is 14.2. The molecule has 0 aliphatic carbocycles. The molecule has 0 radical (unpaired) electrons. The van der Waals surface area contributed by atoms with Crippen molar-refractivity contribution in [1.29, 1.82) is 0 Å². The molecule has 2 aliphatic heterocycles. The molecule has 2 aliphatic rings. The normalized spacial score (nSPS) is 13.0. The summed E-state index contributed by atoms with van der Waals surface area (Å²) < 4.78 is 0. The Labute approximate surface area is 401 Å². The van der Waals surface area contributed by atoms with Gasteiger partial charge in [0.1, 0.15) is 5.56 Å². The van der Waals surface area contributed by atoms with Crippen molar-refractivity contribution in [3.8, 4) is 0 Å². The lowest BCUT2D eigenvalue weighted by Gasteiger charge is -2.27. The molecule has 9 rings (SSSR count). The van der Waals surface area contributed by atoms with E-state index in [0.29, 0.717) is 44.1 Å². The van der Waals surface area contributed by atoms with E-state index in [2.05, 4.69) is 31.6 Å². The quantitative estimate of drug-likeness (QED) is 0.0342. The summed E-state index contributed by atoms with van der Waals surface area (Å²) in [5, 5.41) is 40.2. The molecule has 6 aromatic carbocycles. The van der Waals surface area contributed by atoms with E-state index >= 15 is 0 Å². The number of nitro groups is 2. The second-order valence-electron chi connectivity index (χ2n) is 16.4. The third-order valence-corrected chi connectivity index (χ3v) is 12.1. The van der Waals surface area contributed by atoms with E-state index in [1.54, 1.807) is 42.6 Å². The topological polar surface area (TPSA) is 285 Å². The van der Waals surface area contributed by atoms with E-state index in [1.807, 2.05) is 24.3 Å². The number of hydrogen-bond donors (Lipinski definition) is 5. The lowest BCUT2D eigenvalue weighted by Crippen LogP contribution is -2.44. The van der Waals surface area contributed by atoms with Gasteiger partial charge in [0, 0.05) is 115 Å². The molecule has 1 aromatic heterocycles. The molecule has 0 spiro atoms. The zero-order chi connectivity index (χ0) is 49.9. The molecule has 21 nitrogen and oxygen atoms in total. The lowest BCUT2D eigenvalue weighted by molar-refractivity contribution is -0.385. The number of nitrogens with one attached hydrogen (secondary N) is 5. The molecule has 3 heterocycles. The first-order valence-corrected chi connectivity index (χ1v) is 22.2. The first-order valence-electron chi connectivity index (χ1n) is 22.2. The Morgan fingerprint density at radius 2 is 1.17 bits per heavy atom.